The predicted molar refractivity (Wildman–Crippen MR) is 85.9 cm³/mol. The second-order valence-electron chi connectivity index (χ2n) is 5.68. The lowest BCUT2D eigenvalue weighted by molar-refractivity contribution is 0.460. The zero-order valence-corrected chi connectivity index (χ0v) is 12.2. The first-order valence-corrected chi connectivity index (χ1v) is 7.80. The summed E-state index contributed by atoms with van der Waals surface area (Å²) in [5, 5.41) is 3.71. The largest absolute Gasteiger partial charge is 0.310 e. The van der Waals surface area contributed by atoms with Crippen molar-refractivity contribution in [3.8, 4) is 11.1 Å². The fourth-order valence-electron chi connectivity index (χ4n) is 3.14. The molecule has 1 unspecified atom stereocenters. The van der Waals surface area contributed by atoms with Crippen LogP contribution in [-0.4, -0.2) is 6.54 Å². The van der Waals surface area contributed by atoms with Crippen molar-refractivity contribution in [3.63, 3.8) is 0 Å². The molecule has 0 radical (unpaired) electrons. The molecule has 0 heterocycles. The van der Waals surface area contributed by atoms with Gasteiger partial charge < -0.3 is 5.32 Å². The molecule has 0 spiro atoms. The summed E-state index contributed by atoms with van der Waals surface area (Å²) in [5.41, 5.74) is 5.71. The van der Waals surface area contributed by atoms with Gasteiger partial charge in [-0.3, -0.25) is 0 Å². The van der Waals surface area contributed by atoms with Crippen molar-refractivity contribution in [1.29, 1.82) is 0 Å². The molecule has 1 aliphatic carbocycles. The molecule has 2 aromatic carbocycles. The van der Waals surface area contributed by atoms with E-state index in [2.05, 4.69) is 60.8 Å². The molecule has 20 heavy (non-hydrogen) atoms. The van der Waals surface area contributed by atoms with Crippen LogP contribution in [0.5, 0.6) is 0 Å². The molecule has 1 nitrogen and oxygen atoms in total. The zero-order valence-electron chi connectivity index (χ0n) is 12.2. The smallest absolute Gasteiger partial charge is 0.0323 e. The molecular formula is C19H23N. The van der Waals surface area contributed by atoms with Gasteiger partial charge in [0.15, 0.2) is 0 Å². The third-order valence-electron chi connectivity index (χ3n) is 4.21. The van der Waals surface area contributed by atoms with Gasteiger partial charge in [-0.2, -0.15) is 0 Å². The van der Waals surface area contributed by atoms with Gasteiger partial charge in [0.1, 0.15) is 0 Å². The Morgan fingerprint density at radius 3 is 2.70 bits per heavy atom. The van der Waals surface area contributed by atoms with Crippen LogP contribution in [0, 0.1) is 0 Å². The summed E-state index contributed by atoms with van der Waals surface area (Å²) < 4.78 is 0. The minimum absolute atomic E-state index is 0.544. The standard InChI is InChI=1S/C19H23N/c1-2-13-20-19-10-6-9-16-11-12-17(14-18(16)19)15-7-4-3-5-8-15/h3-5,7-8,11-12,14,19-20H,2,6,9-10,13H2,1H3. The van der Waals surface area contributed by atoms with Gasteiger partial charge in [0.25, 0.3) is 0 Å². The molecule has 0 saturated carbocycles. The topological polar surface area (TPSA) is 12.0 Å². The van der Waals surface area contributed by atoms with Gasteiger partial charge in [0.05, 0.1) is 0 Å². The molecule has 104 valence electrons. The van der Waals surface area contributed by atoms with E-state index >= 15 is 0 Å². The Balaban J connectivity index is 1.93. The average molecular weight is 265 g/mol. The first-order valence-electron chi connectivity index (χ1n) is 7.80. The highest BCUT2D eigenvalue weighted by Gasteiger charge is 2.19. The maximum atomic E-state index is 3.71. The molecule has 0 fully saturated rings. The number of fused-ring (bicyclic) bond motifs is 1. The highest BCUT2D eigenvalue weighted by molar-refractivity contribution is 5.65. The Hall–Kier alpha value is -1.60. The van der Waals surface area contributed by atoms with E-state index in [9.17, 15) is 0 Å². The summed E-state index contributed by atoms with van der Waals surface area (Å²) >= 11 is 0. The number of aryl methyl sites for hydroxylation is 1. The Morgan fingerprint density at radius 1 is 1.05 bits per heavy atom. The van der Waals surface area contributed by atoms with Crippen LogP contribution in [-0.2, 0) is 6.42 Å². The molecule has 0 aromatic heterocycles. The van der Waals surface area contributed by atoms with Crippen molar-refractivity contribution < 1.29 is 0 Å². The third-order valence-corrected chi connectivity index (χ3v) is 4.21. The van der Waals surface area contributed by atoms with E-state index in [0.717, 1.165) is 6.54 Å². The summed E-state index contributed by atoms with van der Waals surface area (Å²) in [6.45, 7) is 3.34. The van der Waals surface area contributed by atoms with E-state index < -0.39 is 0 Å². The molecular weight excluding hydrogens is 242 g/mol. The molecule has 0 bridgehead atoms. The van der Waals surface area contributed by atoms with E-state index in [0.29, 0.717) is 6.04 Å². The summed E-state index contributed by atoms with van der Waals surface area (Å²) in [6, 6.07) is 18.2. The van der Waals surface area contributed by atoms with Gasteiger partial charge in [0, 0.05) is 6.04 Å². The van der Waals surface area contributed by atoms with E-state index in [4.69, 9.17) is 0 Å². The SMILES string of the molecule is CCCNC1CCCc2ccc(-c3ccccc3)cc21. The van der Waals surface area contributed by atoms with Crippen LogP contribution >= 0.6 is 0 Å². The molecule has 1 N–H and O–H groups in total. The Kier molecular flexibility index (Phi) is 4.17. The van der Waals surface area contributed by atoms with Gasteiger partial charge >= 0.3 is 0 Å². The summed E-state index contributed by atoms with van der Waals surface area (Å²) in [4.78, 5) is 0. The van der Waals surface area contributed by atoms with Gasteiger partial charge in [0.2, 0.25) is 0 Å². The fraction of sp³-hybridized carbons (Fsp3) is 0.368. The van der Waals surface area contributed by atoms with Crippen LogP contribution in [0.4, 0.5) is 0 Å². The molecule has 1 aliphatic rings. The maximum absolute atomic E-state index is 3.71. The lowest BCUT2D eigenvalue weighted by Gasteiger charge is -2.27. The maximum Gasteiger partial charge on any atom is 0.0323 e. The number of hydrogen-bond acceptors (Lipinski definition) is 1. The first-order chi connectivity index (χ1) is 9.88. The lowest BCUT2D eigenvalue weighted by Crippen LogP contribution is -2.25. The second-order valence-corrected chi connectivity index (χ2v) is 5.68. The third kappa shape index (κ3) is 2.78. The quantitative estimate of drug-likeness (QED) is 0.842. The fourth-order valence-corrected chi connectivity index (χ4v) is 3.14. The van der Waals surface area contributed by atoms with Crippen LogP contribution in [0.2, 0.25) is 0 Å². The molecule has 1 atom stereocenters. The van der Waals surface area contributed by atoms with Crippen molar-refractivity contribution in [2.45, 2.75) is 38.6 Å². The molecule has 3 rings (SSSR count). The van der Waals surface area contributed by atoms with Crippen LogP contribution in [0.1, 0.15) is 43.4 Å². The summed E-state index contributed by atoms with van der Waals surface area (Å²) in [6.07, 6.45) is 5.00. The van der Waals surface area contributed by atoms with Crippen LogP contribution in [0.3, 0.4) is 0 Å². The van der Waals surface area contributed by atoms with Gasteiger partial charge in [-0.1, -0.05) is 49.4 Å². The van der Waals surface area contributed by atoms with Crippen molar-refractivity contribution in [1.82, 2.24) is 5.32 Å². The van der Waals surface area contributed by atoms with Crippen molar-refractivity contribution >= 4 is 0 Å². The molecule has 0 aliphatic heterocycles. The van der Waals surface area contributed by atoms with Gasteiger partial charge in [-0.05, 0) is 60.5 Å². The lowest BCUT2D eigenvalue weighted by atomic mass is 9.85. The minimum Gasteiger partial charge on any atom is -0.310 e. The Bertz CT molecular complexity index is 559. The number of benzene rings is 2. The number of rotatable bonds is 4. The van der Waals surface area contributed by atoms with Crippen molar-refractivity contribution in [2.24, 2.45) is 0 Å². The van der Waals surface area contributed by atoms with Crippen LogP contribution in [0.25, 0.3) is 11.1 Å². The van der Waals surface area contributed by atoms with Crippen molar-refractivity contribution in [2.75, 3.05) is 6.54 Å². The number of hydrogen-bond donors (Lipinski definition) is 1. The zero-order chi connectivity index (χ0) is 13.8. The second kappa shape index (κ2) is 6.23. The Morgan fingerprint density at radius 2 is 1.90 bits per heavy atom. The van der Waals surface area contributed by atoms with E-state index in [1.54, 1.807) is 0 Å². The molecule has 2 aromatic rings. The Labute approximate surface area is 122 Å². The molecule has 1 heteroatoms. The van der Waals surface area contributed by atoms with Crippen LogP contribution in [0.15, 0.2) is 48.5 Å². The van der Waals surface area contributed by atoms with Gasteiger partial charge in [-0.25, -0.2) is 0 Å². The monoisotopic (exact) mass is 265 g/mol. The number of nitrogens with one attached hydrogen (secondary N) is 1. The highest BCUT2D eigenvalue weighted by Crippen LogP contribution is 2.33. The normalized spacial score (nSPS) is 17.8. The van der Waals surface area contributed by atoms with E-state index in [1.807, 2.05) is 0 Å². The summed E-state index contributed by atoms with van der Waals surface area (Å²) in [5.74, 6) is 0. The van der Waals surface area contributed by atoms with Gasteiger partial charge in [-0.15, -0.1) is 0 Å². The minimum atomic E-state index is 0.544. The average Bonchev–Trinajstić information content (AvgIpc) is 2.53. The highest BCUT2D eigenvalue weighted by atomic mass is 14.9. The van der Waals surface area contributed by atoms with Crippen molar-refractivity contribution in [3.05, 3.63) is 59.7 Å². The van der Waals surface area contributed by atoms with E-state index in [-0.39, 0.29) is 0 Å². The van der Waals surface area contributed by atoms with E-state index in [1.165, 1.54) is 47.9 Å². The molecule has 0 saturated heterocycles. The van der Waals surface area contributed by atoms with Crippen LogP contribution < -0.4 is 5.32 Å². The predicted octanol–water partition coefficient (Wildman–Crippen LogP) is 4.73. The first kappa shape index (κ1) is 13.4. The summed E-state index contributed by atoms with van der Waals surface area (Å²) in [7, 11) is 0. The molecule has 0 amide bonds.